The van der Waals surface area contributed by atoms with E-state index in [-0.39, 0.29) is 5.69 Å². The number of hydrogen-bond donors (Lipinski definition) is 1. The maximum atomic E-state index is 10.5. The molecule has 1 aliphatic rings. The summed E-state index contributed by atoms with van der Waals surface area (Å²) in [7, 11) is 0. The molecule has 0 aliphatic carbocycles. The van der Waals surface area contributed by atoms with E-state index < -0.39 is 5.97 Å². The van der Waals surface area contributed by atoms with Crippen molar-refractivity contribution in [3.8, 4) is 0 Å². The largest absolute Gasteiger partial charge is 0.476 e. The van der Waals surface area contributed by atoms with E-state index in [1.54, 1.807) is 5.38 Å². The number of carboxylic acid groups (broad SMARTS) is 1. The molecule has 0 amide bonds. The second-order valence-corrected chi connectivity index (χ2v) is 3.83. The molecule has 1 aromatic heterocycles. The molecule has 2 rings (SSSR count). The Morgan fingerprint density at radius 1 is 1.77 bits per heavy atom. The van der Waals surface area contributed by atoms with Crippen LogP contribution in [0.25, 0.3) is 0 Å². The smallest absolute Gasteiger partial charge is 0.355 e. The van der Waals surface area contributed by atoms with Crippen molar-refractivity contribution in [2.75, 3.05) is 13.2 Å². The van der Waals surface area contributed by atoms with Gasteiger partial charge in [-0.15, -0.1) is 11.3 Å². The molecule has 5 heteroatoms. The monoisotopic (exact) mass is 199 g/mol. The van der Waals surface area contributed by atoms with Crippen molar-refractivity contribution in [3.05, 3.63) is 16.1 Å². The molecule has 1 atom stereocenters. The molecule has 4 nitrogen and oxygen atoms in total. The van der Waals surface area contributed by atoms with Gasteiger partial charge in [0.15, 0.2) is 5.69 Å². The number of carbonyl (C=O) groups is 1. The van der Waals surface area contributed by atoms with E-state index in [2.05, 4.69) is 4.98 Å². The van der Waals surface area contributed by atoms with Gasteiger partial charge in [0.2, 0.25) is 0 Å². The number of rotatable bonds is 2. The van der Waals surface area contributed by atoms with Gasteiger partial charge in [-0.05, 0) is 6.42 Å². The van der Waals surface area contributed by atoms with E-state index in [1.807, 2.05) is 0 Å². The lowest BCUT2D eigenvalue weighted by Crippen LogP contribution is -2.00. The lowest BCUT2D eigenvalue weighted by Gasteiger charge is -1.99. The van der Waals surface area contributed by atoms with Crippen LogP contribution in [-0.2, 0) is 4.74 Å². The second-order valence-electron chi connectivity index (χ2n) is 2.94. The fraction of sp³-hybridized carbons (Fsp3) is 0.500. The first-order valence-electron chi connectivity index (χ1n) is 4.04. The lowest BCUT2D eigenvalue weighted by molar-refractivity contribution is 0.0691. The highest BCUT2D eigenvalue weighted by molar-refractivity contribution is 7.09. The average molecular weight is 199 g/mol. The van der Waals surface area contributed by atoms with Crippen LogP contribution in [0.2, 0.25) is 0 Å². The molecule has 1 fully saturated rings. The van der Waals surface area contributed by atoms with Crippen molar-refractivity contribution in [1.29, 1.82) is 0 Å². The summed E-state index contributed by atoms with van der Waals surface area (Å²) in [6, 6.07) is 0. The zero-order valence-electron chi connectivity index (χ0n) is 6.90. The number of hydrogen-bond acceptors (Lipinski definition) is 4. The number of aromatic carboxylic acids is 1. The van der Waals surface area contributed by atoms with Crippen molar-refractivity contribution in [2.45, 2.75) is 12.3 Å². The van der Waals surface area contributed by atoms with E-state index in [9.17, 15) is 4.79 Å². The molecule has 0 aromatic carbocycles. The quantitative estimate of drug-likeness (QED) is 0.781. The molecule has 2 heterocycles. The summed E-state index contributed by atoms with van der Waals surface area (Å²) in [6.45, 7) is 1.43. The van der Waals surface area contributed by atoms with Crippen LogP contribution >= 0.6 is 11.3 Å². The number of ether oxygens (including phenoxy) is 1. The Labute approximate surface area is 79.2 Å². The Hall–Kier alpha value is -0.940. The summed E-state index contributed by atoms with van der Waals surface area (Å²) in [5.74, 6) is -0.653. The minimum Gasteiger partial charge on any atom is -0.476 e. The van der Waals surface area contributed by atoms with Crippen LogP contribution in [0.3, 0.4) is 0 Å². The minimum atomic E-state index is -0.957. The fourth-order valence-electron chi connectivity index (χ4n) is 1.30. The first-order chi connectivity index (χ1) is 6.27. The van der Waals surface area contributed by atoms with Gasteiger partial charge in [0.1, 0.15) is 0 Å². The predicted molar refractivity (Wildman–Crippen MR) is 47.3 cm³/mol. The van der Waals surface area contributed by atoms with Gasteiger partial charge in [-0.1, -0.05) is 0 Å². The van der Waals surface area contributed by atoms with Crippen molar-refractivity contribution in [3.63, 3.8) is 0 Å². The molecule has 70 valence electrons. The molecule has 1 unspecified atom stereocenters. The fourth-order valence-corrected chi connectivity index (χ4v) is 2.22. The van der Waals surface area contributed by atoms with E-state index >= 15 is 0 Å². The molecule has 1 aromatic rings. The molecular weight excluding hydrogens is 190 g/mol. The lowest BCUT2D eigenvalue weighted by atomic mass is 10.1. The first kappa shape index (κ1) is 8.65. The third-order valence-corrected chi connectivity index (χ3v) is 3.03. The van der Waals surface area contributed by atoms with E-state index in [1.165, 1.54) is 11.3 Å². The van der Waals surface area contributed by atoms with Gasteiger partial charge in [0.25, 0.3) is 0 Å². The van der Waals surface area contributed by atoms with Gasteiger partial charge >= 0.3 is 5.97 Å². The number of thiazole rings is 1. The van der Waals surface area contributed by atoms with Crippen molar-refractivity contribution in [2.24, 2.45) is 0 Å². The maximum Gasteiger partial charge on any atom is 0.355 e. The maximum absolute atomic E-state index is 10.5. The molecule has 0 radical (unpaired) electrons. The van der Waals surface area contributed by atoms with Gasteiger partial charge in [-0.3, -0.25) is 0 Å². The topological polar surface area (TPSA) is 59.4 Å². The first-order valence-corrected chi connectivity index (χ1v) is 4.92. The van der Waals surface area contributed by atoms with Gasteiger partial charge in [0.05, 0.1) is 11.6 Å². The molecule has 0 bridgehead atoms. The highest BCUT2D eigenvalue weighted by Gasteiger charge is 2.21. The Balaban J connectivity index is 2.16. The van der Waals surface area contributed by atoms with Crippen molar-refractivity contribution < 1.29 is 14.6 Å². The summed E-state index contributed by atoms with van der Waals surface area (Å²) in [6.07, 6.45) is 0.951. The highest BCUT2D eigenvalue weighted by atomic mass is 32.1. The van der Waals surface area contributed by atoms with Crippen LogP contribution in [0.1, 0.15) is 27.8 Å². The number of carboxylic acids is 1. The Morgan fingerprint density at radius 3 is 3.15 bits per heavy atom. The third kappa shape index (κ3) is 1.71. The molecule has 1 aliphatic heterocycles. The molecule has 0 spiro atoms. The summed E-state index contributed by atoms with van der Waals surface area (Å²) in [4.78, 5) is 14.6. The van der Waals surface area contributed by atoms with Crippen molar-refractivity contribution in [1.82, 2.24) is 4.98 Å². The molecule has 0 saturated carbocycles. The van der Waals surface area contributed by atoms with Gasteiger partial charge in [0, 0.05) is 17.9 Å². The minimum absolute atomic E-state index is 0.145. The Morgan fingerprint density at radius 2 is 2.62 bits per heavy atom. The van der Waals surface area contributed by atoms with Gasteiger partial charge in [-0.25, -0.2) is 9.78 Å². The van der Waals surface area contributed by atoms with Gasteiger partial charge in [-0.2, -0.15) is 0 Å². The van der Waals surface area contributed by atoms with Crippen LogP contribution in [0.15, 0.2) is 5.38 Å². The average Bonchev–Trinajstić information content (AvgIpc) is 2.75. The predicted octanol–water partition coefficient (Wildman–Crippen LogP) is 1.35. The normalized spacial score (nSPS) is 22.0. The van der Waals surface area contributed by atoms with E-state index in [0.717, 1.165) is 18.0 Å². The Bertz CT molecular complexity index is 317. The van der Waals surface area contributed by atoms with Gasteiger partial charge < -0.3 is 9.84 Å². The summed E-state index contributed by atoms with van der Waals surface area (Å²) in [5, 5.41) is 11.1. The van der Waals surface area contributed by atoms with Crippen LogP contribution in [0.5, 0.6) is 0 Å². The summed E-state index contributed by atoms with van der Waals surface area (Å²) in [5.41, 5.74) is 0.145. The molecule has 1 N–H and O–H groups in total. The SMILES string of the molecule is O=C(O)c1csc(C2CCOC2)n1. The highest BCUT2D eigenvalue weighted by Crippen LogP contribution is 2.27. The van der Waals surface area contributed by atoms with Crippen molar-refractivity contribution >= 4 is 17.3 Å². The van der Waals surface area contributed by atoms with E-state index in [4.69, 9.17) is 9.84 Å². The zero-order valence-corrected chi connectivity index (χ0v) is 7.71. The van der Waals surface area contributed by atoms with E-state index in [0.29, 0.717) is 12.5 Å². The zero-order chi connectivity index (χ0) is 9.26. The van der Waals surface area contributed by atoms with Crippen LogP contribution in [0.4, 0.5) is 0 Å². The number of nitrogens with zero attached hydrogens (tertiary/aromatic N) is 1. The Kier molecular flexibility index (Phi) is 2.28. The summed E-state index contributed by atoms with van der Waals surface area (Å²) < 4.78 is 5.20. The third-order valence-electron chi connectivity index (χ3n) is 2.02. The molecule has 1 saturated heterocycles. The second kappa shape index (κ2) is 3.43. The molecule has 13 heavy (non-hydrogen) atoms. The standard InChI is InChI=1S/C8H9NO3S/c10-8(11)6-4-13-7(9-6)5-1-2-12-3-5/h4-5H,1-3H2,(H,10,11). The van der Waals surface area contributed by atoms with Crippen LogP contribution in [0, 0.1) is 0 Å². The van der Waals surface area contributed by atoms with Crippen LogP contribution < -0.4 is 0 Å². The molecular formula is C8H9NO3S. The number of aromatic nitrogens is 1. The summed E-state index contributed by atoms with van der Waals surface area (Å²) >= 11 is 1.40. The van der Waals surface area contributed by atoms with Crippen LogP contribution in [-0.4, -0.2) is 29.3 Å².